The second kappa shape index (κ2) is 8.00. The van der Waals surface area contributed by atoms with Gasteiger partial charge in [0.15, 0.2) is 0 Å². The Morgan fingerprint density at radius 2 is 2.00 bits per heavy atom. The third-order valence-electron chi connectivity index (χ3n) is 8.30. The normalized spacial score (nSPS) is 45.3. The van der Waals surface area contributed by atoms with Gasteiger partial charge in [-0.3, -0.25) is 4.79 Å². The van der Waals surface area contributed by atoms with Gasteiger partial charge >= 0.3 is 0 Å². The van der Waals surface area contributed by atoms with Crippen LogP contribution in [-0.4, -0.2) is 37.4 Å². The monoisotopic (exact) mass is 398 g/mol. The molecule has 1 saturated heterocycles. The first-order valence-corrected chi connectivity index (χ1v) is 10.5. The van der Waals surface area contributed by atoms with Crippen LogP contribution in [0.25, 0.3) is 0 Å². The highest BCUT2D eigenvalue weighted by Gasteiger charge is 2.59. The van der Waals surface area contributed by atoms with Gasteiger partial charge in [-0.25, -0.2) is 0 Å². The average Bonchev–Trinajstić information content (AvgIpc) is 2.84. The Hall–Kier alpha value is -0.650. The summed E-state index contributed by atoms with van der Waals surface area (Å²) in [7, 11) is 0. The highest BCUT2D eigenvalue weighted by atomic mass is 35.5. The predicted octanol–water partition coefficient (Wildman–Crippen LogP) is 3.73. The van der Waals surface area contributed by atoms with Gasteiger partial charge in [0.25, 0.3) is 0 Å². The molecular formula is C21H35ClN2O3. The largest absolute Gasteiger partial charge is 0.395 e. The van der Waals surface area contributed by atoms with Crippen molar-refractivity contribution in [3.63, 3.8) is 0 Å². The van der Waals surface area contributed by atoms with E-state index >= 15 is 0 Å². The van der Waals surface area contributed by atoms with E-state index in [4.69, 9.17) is 15.3 Å². The summed E-state index contributed by atoms with van der Waals surface area (Å²) in [5.41, 5.74) is 6.85. The van der Waals surface area contributed by atoms with E-state index in [9.17, 15) is 4.79 Å². The number of Topliss-reactive ketones (excluding diaryl/α,β-unsaturated/α-hetero) is 1. The maximum Gasteiger partial charge on any atom is 0.139 e. The van der Waals surface area contributed by atoms with Crippen LogP contribution in [0, 0.1) is 28.6 Å². The van der Waals surface area contributed by atoms with Gasteiger partial charge in [-0.2, -0.15) is 0 Å². The van der Waals surface area contributed by atoms with Crippen LogP contribution in [0.5, 0.6) is 0 Å². The summed E-state index contributed by atoms with van der Waals surface area (Å²) in [5, 5.41) is 4.36. The van der Waals surface area contributed by atoms with E-state index in [2.05, 4.69) is 19.0 Å². The lowest BCUT2D eigenvalue weighted by molar-refractivity contribution is -0.142. The SMILES string of the molecule is C[C@]12CC/C(=N/OCCN)CC1CCO[C@@H]1[C@@H]2CC[C@]2(C)C(=O)CC[C@@H]12.Cl. The van der Waals surface area contributed by atoms with E-state index in [-0.39, 0.29) is 23.9 Å². The fourth-order valence-electron chi connectivity index (χ4n) is 6.56. The number of ether oxygens (including phenoxy) is 1. The minimum atomic E-state index is -0.130. The van der Waals surface area contributed by atoms with Crippen LogP contribution in [0.2, 0.25) is 0 Å². The van der Waals surface area contributed by atoms with Crippen LogP contribution >= 0.6 is 12.4 Å². The number of nitrogens with zero attached hydrogens (tertiary/aromatic N) is 1. The molecule has 0 aromatic rings. The topological polar surface area (TPSA) is 73.9 Å². The lowest BCUT2D eigenvalue weighted by Gasteiger charge is -2.53. The van der Waals surface area contributed by atoms with Crippen molar-refractivity contribution in [2.75, 3.05) is 19.8 Å². The summed E-state index contributed by atoms with van der Waals surface area (Å²) < 4.78 is 6.49. The van der Waals surface area contributed by atoms with Crippen LogP contribution < -0.4 is 5.73 Å². The number of ketones is 1. The Morgan fingerprint density at radius 1 is 1.19 bits per heavy atom. The van der Waals surface area contributed by atoms with E-state index in [1.54, 1.807) is 0 Å². The fraction of sp³-hybridized carbons (Fsp3) is 0.905. The molecule has 4 fully saturated rings. The second-order valence-electron chi connectivity index (χ2n) is 9.44. The van der Waals surface area contributed by atoms with Crippen LogP contribution in [0.3, 0.4) is 0 Å². The number of hydrogen-bond acceptors (Lipinski definition) is 5. The highest BCUT2D eigenvalue weighted by molar-refractivity contribution is 5.87. The molecule has 0 bridgehead atoms. The minimum Gasteiger partial charge on any atom is -0.395 e. The van der Waals surface area contributed by atoms with Crippen molar-refractivity contribution < 1.29 is 14.4 Å². The average molecular weight is 399 g/mol. The van der Waals surface area contributed by atoms with Crippen molar-refractivity contribution in [2.45, 2.75) is 71.3 Å². The molecule has 0 spiro atoms. The molecule has 4 aliphatic rings. The summed E-state index contributed by atoms with van der Waals surface area (Å²) in [4.78, 5) is 17.9. The third kappa shape index (κ3) is 3.44. The maximum absolute atomic E-state index is 12.5. The molecular weight excluding hydrogens is 364 g/mol. The summed E-state index contributed by atoms with van der Waals surface area (Å²) in [6.07, 6.45) is 8.51. The van der Waals surface area contributed by atoms with E-state index in [0.29, 0.717) is 42.1 Å². The molecule has 1 heterocycles. The highest BCUT2D eigenvalue weighted by Crippen LogP contribution is 2.60. The quantitative estimate of drug-likeness (QED) is 0.580. The van der Waals surface area contributed by atoms with Gasteiger partial charge in [0.1, 0.15) is 12.4 Å². The van der Waals surface area contributed by atoms with Gasteiger partial charge in [0, 0.05) is 25.0 Å². The molecule has 3 aliphatic carbocycles. The zero-order valence-electron chi connectivity index (χ0n) is 16.7. The lowest BCUT2D eigenvalue weighted by atomic mass is 9.52. The molecule has 154 valence electrons. The Bertz CT molecular complexity index is 598. The van der Waals surface area contributed by atoms with E-state index in [0.717, 1.165) is 58.0 Å². The zero-order valence-corrected chi connectivity index (χ0v) is 17.6. The van der Waals surface area contributed by atoms with Crippen molar-refractivity contribution in [1.29, 1.82) is 0 Å². The van der Waals surface area contributed by atoms with Crippen LogP contribution in [0.15, 0.2) is 5.16 Å². The van der Waals surface area contributed by atoms with Crippen molar-refractivity contribution in [1.82, 2.24) is 0 Å². The molecule has 3 saturated carbocycles. The molecule has 4 rings (SSSR count). The number of rotatable bonds is 3. The van der Waals surface area contributed by atoms with Crippen LogP contribution in [0.1, 0.15) is 65.2 Å². The van der Waals surface area contributed by atoms with E-state index < -0.39 is 0 Å². The zero-order chi connectivity index (χ0) is 18.4. The lowest BCUT2D eigenvalue weighted by Crippen LogP contribution is -2.52. The van der Waals surface area contributed by atoms with Gasteiger partial charge in [-0.05, 0) is 68.1 Å². The van der Waals surface area contributed by atoms with E-state index in [1.165, 1.54) is 5.71 Å². The van der Waals surface area contributed by atoms with Gasteiger partial charge in [0.05, 0.1) is 11.8 Å². The predicted molar refractivity (Wildman–Crippen MR) is 108 cm³/mol. The molecule has 27 heavy (non-hydrogen) atoms. The smallest absolute Gasteiger partial charge is 0.139 e. The van der Waals surface area contributed by atoms with Gasteiger partial charge in [-0.15, -0.1) is 12.4 Å². The fourth-order valence-corrected chi connectivity index (χ4v) is 6.56. The minimum absolute atomic E-state index is 0. The molecule has 2 N–H and O–H groups in total. The Balaban J connectivity index is 0.00000210. The molecule has 0 amide bonds. The van der Waals surface area contributed by atoms with E-state index in [1.807, 2.05) is 0 Å². The number of carbonyl (C=O) groups is 1. The number of fused-ring (bicyclic) bond motifs is 5. The van der Waals surface area contributed by atoms with Crippen molar-refractivity contribution in [2.24, 2.45) is 39.5 Å². The molecule has 5 nitrogen and oxygen atoms in total. The summed E-state index contributed by atoms with van der Waals surface area (Å²) >= 11 is 0. The first-order chi connectivity index (χ1) is 12.5. The Labute approximate surface area is 169 Å². The molecule has 0 aromatic heterocycles. The van der Waals surface area contributed by atoms with Crippen molar-refractivity contribution >= 4 is 23.9 Å². The number of hydrogen-bond donors (Lipinski definition) is 1. The van der Waals surface area contributed by atoms with Gasteiger partial charge in [0.2, 0.25) is 0 Å². The maximum atomic E-state index is 12.5. The summed E-state index contributed by atoms with van der Waals surface area (Å²) in [5.74, 6) is 2.08. The molecule has 1 unspecified atom stereocenters. The number of carbonyl (C=O) groups excluding carboxylic acids is 1. The molecule has 6 atom stereocenters. The Kier molecular flexibility index (Phi) is 6.24. The summed E-state index contributed by atoms with van der Waals surface area (Å²) in [6, 6.07) is 0. The standard InChI is InChI=1S/C21H34N2O3.ClH/c1-20-8-5-15(23-26-12-10-22)13-14(20)7-11-25-19-16-3-4-18(24)21(16,2)9-6-17(19)20;/h14,16-17,19H,3-13,22H2,1-2H3;1H/b23-15-;/t14?,16-,17-,19-,20-,21-;/m0./s1. The van der Waals surface area contributed by atoms with Crippen LogP contribution in [0.4, 0.5) is 0 Å². The third-order valence-corrected chi connectivity index (χ3v) is 8.30. The molecule has 0 radical (unpaired) electrons. The molecule has 0 aromatic carbocycles. The van der Waals surface area contributed by atoms with Crippen molar-refractivity contribution in [3.05, 3.63) is 0 Å². The molecule has 6 heteroatoms. The number of oxime groups is 1. The first kappa shape index (κ1) is 21.1. The van der Waals surface area contributed by atoms with Crippen molar-refractivity contribution in [3.8, 4) is 0 Å². The second-order valence-corrected chi connectivity index (χ2v) is 9.44. The molecule has 1 aliphatic heterocycles. The number of halogens is 1. The van der Waals surface area contributed by atoms with Gasteiger partial charge in [-0.1, -0.05) is 19.0 Å². The number of nitrogens with two attached hydrogens (primary N) is 1. The first-order valence-electron chi connectivity index (χ1n) is 10.5. The summed E-state index contributed by atoms with van der Waals surface area (Å²) in [6.45, 7) is 6.51. The van der Waals surface area contributed by atoms with Crippen LogP contribution in [-0.2, 0) is 14.4 Å². The van der Waals surface area contributed by atoms with Gasteiger partial charge < -0.3 is 15.3 Å². The Morgan fingerprint density at radius 3 is 2.78 bits per heavy atom.